The molecule has 0 bridgehead atoms. The number of hydrogen-bond acceptors (Lipinski definition) is 5. The summed E-state index contributed by atoms with van der Waals surface area (Å²) < 4.78 is 4.78. The van der Waals surface area contributed by atoms with Crippen molar-refractivity contribution in [3.8, 4) is 0 Å². The Hall–Kier alpha value is -2.18. The summed E-state index contributed by atoms with van der Waals surface area (Å²) in [5.41, 5.74) is 3.52. The Balaban J connectivity index is 1.63. The van der Waals surface area contributed by atoms with Crippen LogP contribution in [0.3, 0.4) is 0 Å². The average Bonchev–Trinajstić information content (AvgIpc) is 2.72. The monoisotopic (exact) mass is 387 g/mol. The molecule has 2 aliphatic rings. The van der Waals surface area contributed by atoms with Crippen molar-refractivity contribution >= 4 is 34.4 Å². The Labute approximate surface area is 162 Å². The molecule has 1 unspecified atom stereocenters. The first kappa shape index (κ1) is 18.2. The van der Waals surface area contributed by atoms with Crippen molar-refractivity contribution in [1.29, 1.82) is 0 Å². The molecule has 1 aliphatic carbocycles. The summed E-state index contributed by atoms with van der Waals surface area (Å²) in [6.07, 6.45) is 4.16. The highest BCUT2D eigenvalue weighted by molar-refractivity contribution is 6.36. The summed E-state index contributed by atoms with van der Waals surface area (Å²) >= 11 is 6.62. The lowest BCUT2D eigenvalue weighted by atomic mass is 9.94. The van der Waals surface area contributed by atoms with Crippen LogP contribution in [0.2, 0.25) is 5.02 Å². The van der Waals surface area contributed by atoms with Gasteiger partial charge in [0, 0.05) is 36.3 Å². The average molecular weight is 388 g/mol. The molecule has 0 spiro atoms. The first-order valence-corrected chi connectivity index (χ1v) is 9.68. The Kier molecular flexibility index (Phi) is 5.02. The first-order chi connectivity index (χ1) is 13.1. The van der Waals surface area contributed by atoms with Gasteiger partial charge >= 0.3 is 5.97 Å². The fourth-order valence-electron chi connectivity index (χ4n) is 3.92. The lowest BCUT2D eigenvalue weighted by Crippen LogP contribution is -2.56. The Morgan fingerprint density at radius 2 is 2.11 bits per heavy atom. The van der Waals surface area contributed by atoms with Crippen molar-refractivity contribution in [1.82, 2.24) is 15.2 Å². The number of aryl methyl sites for hydroxylation is 1. The van der Waals surface area contributed by atoms with Gasteiger partial charge in [0.25, 0.3) is 5.91 Å². The number of pyridine rings is 1. The normalized spacial score (nSPS) is 19.6. The maximum absolute atomic E-state index is 13.0. The number of rotatable bonds is 2. The second-order valence-corrected chi connectivity index (χ2v) is 7.45. The molecule has 0 saturated carbocycles. The summed E-state index contributed by atoms with van der Waals surface area (Å²) in [7, 11) is 1.35. The summed E-state index contributed by atoms with van der Waals surface area (Å²) in [6.45, 7) is 1.39. The first-order valence-electron chi connectivity index (χ1n) is 9.30. The largest absolute Gasteiger partial charge is 0.468 e. The minimum atomic E-state index is -0.493. The topological polar surface area (TPSA) is 71.5 Å². The fraction of sp³-hybridized carbons (Fsp3) is 0.450. The molecule has 1 aromatic heterocycles. The zero-order chi connectivity index (χ0) is 19.0. The summed E-state index contributed by atoms with van der Waals surface area (Å²) in [5.74, 6) is -0.464. The molecule has 142 valence electrons. The van der Waals surface area contributed by atoms with E-state index in [0.29, 0.717) is 25.2 Å². The minimum absolute atomic E-state index is 0.108. The predicted molar refractivity (Wildman–Crippen MR) is 103 cm³/mol. The summed E-state index contributed by atoms with van der Waals surface area (Å²) in [4.78, 5) is 31.2. The van der Waals surface area contributed by atoms with Gasteiger partial charge in [0.2, 0.25) is 0 Å². The summed E-state index contributed by atoms with van der Waals surface area (Å²) in [6, 6.07) is 5.00. The van der Waals surface area contributed by atoms with E-state index in [1.165, 1.54) is 7.11 Å². The van der Waals surface area contributed by atoms with Crippen molar-refractivity contribution in [2.75, 3.05) is 26.7 Å². The molecule has 2 heterocycles. The maximum atomic E-state index is 13.0. The van der Waals surface area contributed by atoms with Crippen molar-refractivity contribution in [2.24, 2.45) is 0 Å². The number of amides is 1. The van der Waals surface area contributed by atoms with Crippen LogP contribution in [0.5, 0.6) is 0 Å². The highest BCUT2D eigenvalue weighted by Crippen LogP contribution is 2.33. The van der Waals surface area contributed by atoms with E-state index in [0.717, 1.165) is 52.9 Å². The number of benzene rings is 1. The SMILES string of the molecule is COC(=O)C1CN(C(=O)c2ccc3c(Cl)c4c(nc3c2)CCCC4)CCN1. The number of methoxy groups -OCH3 is 1. The molecule has 1 aliphatic heterocycles. The van der Waals surface area contributed by atoms with Gasteiger partial charge in [0.1, 0.15) is 6.04 Å². The second-order valence-electron chi connectivity index (χ2n) is 7.07. The van der Waals surface area contributed by atoms with Crippen LogP contribution < -0.4 is 5.32 Å². The van der Waals surface area contributed by atoms with Crippen LogP contribution in [0.25, 0.3) is 10.9 Å². The lowest BCUT2D eigenvalue weighted by molar-refractivity contribution is -0.144. The van der Waals surface area contributed by atoms with E-state index in [4.69, 9.17) is 21.3 Å². The highest BCUT2D eigenvalue weighted by Gasteiger charge is 2.29. The molecular weight excluding hydrogens is 366 g/mol. The number of fused-ring (bicyclic) bond motifs is 2. The molecule has 1 atom stereocenters. The molecule has 1 N–H and O–H groups in total. The smallest absolute Gasteiger partial charge is 0.324 e. The van der Waals surface area contributed by atoms with Crippen molar-refractivity contribution in [3.05, 3.63) is 40.0 Å². The van der Waals surface area contributed by atoms with Crippen LogP contribution in [-0.2, 0) is 22.4 Å². The van der Waals surface area contributed by atoms with Crippen LogP contribution >= 0.6 is 11.6 Å². The third-order valence-corrected chi connectivity index (χ3v) is 5.82. The van der Waals surface area contributed by atoms with Gasteiger partial charge < -0.3 is 15.0 Å². The van der Waals surface area contributed by atoms with Gasteiger partial charge in [-0.25, -0.2) is 0 Å². The van der Waals surface area contributed by atoms with Crippen molar-refractivity contribution in [3.63, 3.8) is 0 Å². The van der Waals surface area contributed by atoms with Crippen molar-refractivity contribution in [2.45, 2.75) is 31.7 Å². The standard InChI is InChI=1S/C20H22ClN3O3/c1-27-20(26)17-11-24(9-8-22-17)19(25)12-6-7-14-16(10-12)23-15-5-3-2-4-13(15)18(14)21/h6-7,10,17,22H,2-5,8-9,11H2,1H3. The fourth-order valence-corrected chi connectivity index (χ4v) is 4.28. The Morgan fingerprint density at radius 1 is 1.30 bits per heavy atom. The molecule has 1 saturated heterocycles. The molecular formula is C20H22ClN3O3. The third-order valence-electron chi connectivity index (χ3n) is 5.39. The Morgan fingerprint density at radius 3 is 2.93 bits per heavy atom. The number of esters is 1. The number of carbonyl (C=O) groups excluding carboxylic acids is 2. The second kappa shape index (κ2) is 7.44. The predicted octanol–water partition coefficient (Wildman–Crippen LogP) is 2.35. The van der Waals surface area contributed by atoms with Gasteiger partial charge in [0.15, 0.2) is 0 Å². The quantitative estimate of drug-likeness (QED) is 0.801. The number of carbonyl (C=O) groups is 2. The minimum Gasteiger partial charge on any atom is -0.468 e. The zero-order valence-corrected chi connectivity index (χ0v) is 16.0. The van der Waals surface area contributed by atoms with E-state index < -0.39 is 6.04 Å². The van der Waals surface area contributed by atoms with Crippen LogP contribution in [0, 0.1) is 0 Å². The van der Waals surface area contributed by atoms with E-state index in [-0.39, 0.29) is 11.9 Å². The molecule has 27 heavy (non-hydrogen) atoms. The molecule has 1 aromatic carbocycles. The zero-order valence-electron chi connectivity index (χ0n) is 15.3. The third kappa shape index (κ3) is 3.39. The van der Waals surface area contributed by atoms with Gasteiger partial charge in [0.05, 0.1) is 17.6 Å². The van der Waals surface area contributed by atoms with Gasteiger partial charge in [-0.1, -0.05) is 17.7 Å². The number of halogens is 1. The van der Waals surface area contributed by atoms with E-state index in [1.807, 2.05) is 12.1 Å². The highest BCUT2D eigenvalue weighted by atomic mass is 35.5. The molecule has 4 rings (SSSR count). The molecule has 6 nitrogen and oxygen atoms in total. The maximum Gasteiger partial charge on any atom is 0.324 e. The van der Waals surface area contributed by atoms with E-state index in [1.54, 1.807) is 11.0 Å². The van der Waals surface area contributed by atoms with Gasteiger partial charge in [-0.2, -0.15) is 0 Å². The van der Waals surface area contributed by atoms with Gasteiger partial charge in [-0.15, -0.1) is 0 Å². The number of ether oxygens (including phenoxy) is 1. The van der Waals surface area contributed by atoms with Crippen LogP contribution in [0.15, 0.2) is 18.2 Å². The number of piperazine rings is 1. The van der Waals surface area contributed by atoms with Gasteiger partial charge in [-0.3, -0.25) is 14.6 Å². The molecule has 1 fully saturated rings. The summed E-state index contributed by atoms with van der Waals surface area (Å²) in [5, 5.41) is 4.73. The number of hydrogen-bond donors (Lipinski definition) is 1. The van der Waals surface area contributed by atoms with Crippen LogP contribution in [0.1, 0.15) is 34.5 Å². The molecule has 1 amide bonds. The van der Waals surface area contributed by atoms with E-state index in [9.17, 15) is 9.59 Å². The molecule has 0 radical (unpaired) electrons. The van der Waals surface area contributed by atoms with Crippen LogP contribution in [0.4, 0.5) is 0 Å². The molecule has 7 heteroatoms. The van der Waals surface area contributed by atoms with Crippen molar-refractivity contribution < 1.29 is 14.3 Å². The lowest BCUT2D eigenvalue weighted by Gasteiger charge is -2.32. The van der Waals surface area contributed by atoms with E-state index >= 15 is 0 Å². The number of nitrogens with one attached hydrogen (secondary N) is 1. The van der Waals surface area contributed by atoms with Crippen LogP contribution in [-0.4, -0.2) is 54.5 Å². The molecule has 2 aromatic rings. The Bertz CT molecular complexity index is 915. The van der Waals surface area contributed by atoms with Gasteiger partial charge in [-0.05, 0) is 43.4 Å². The number of nitrogens with zero attached hydrogens (tertiary/aromatic N) is 2. The number of aromatic nitrogens is 1. The van der Waals surface area contributed by atoms with E-state index in [2.05, 4.69) is 5.32 Å².